The molecule has 0 bridgehead atoms. The van der Waals surface area contributed by atoms with Gasteiger partial charge >= 0.3 is 5.97 Å². The van der Waals surface area contributed by atoms with E-state index in [0.29, 0.717) is 25.9 Å². The molecule has 0 aromatic carbocycles. The fourth-order valence-electron chi connectivity index (χ4n) is 3.07. The molecule has 0 saturated heterocycles. The van der Waals surface area contributed by atoms with Crippen LogP contribution < -0.4 is 0 Å². The number of hydrogen-bond donors (Lipinski definition) is 2. The summed E-state index contributed by atoms with van der Waals surface area (Å²) >= 11 is 0. The number of ether oxygens (including phenoxy) is 1. The van der Waals surface area contributed by atoms with Crippen LogP contribution in [0.4, 0.5) is 0 Å². The first-order valence-electron chi connectivity index (χ1n) is 11.1. The van der Waals surface area contributed by atoms with Crippen molar-refractivity contribution < 1.29 is 19.7 Å². The highest BCUT2D eigenvalue weighted by Gasteiger charge is 2.15. The second kappa shape index (κ2) is 19.2. The van der Waals surface area contributed by atoms with E-state index in [1.807, 2.05) is 0 Å². The van der Waals surface area contributed by atoms with E-state index in [1.54, 1.807) is 0 Å². The van der Waals surface area contributed by atoms with Gasteiger partial charge in [0.05, 0.1) is 18.8 Å². The lowest BCUT2D eigenvalue weighted by Gasteiger charge is -2.17. The first-order chi connectivity index (χ1) is 12.6. The zero-order valence-electron chi connectivity index (χ0n) is 17.4. The van der Waals surface area contributed by atoms with E-state index in [2.05, 4.69) is 13.8 Å². The second-order valence-corrected chi connectivity index (χ2v) is 7.57. The third kappa shape index (κ3) is 16.8. The molecule has 0 aliphatic rings. The highest BCUT2D eigenvalue weighted by atomic mass is 16.5. The second-order valence-electron chi connectivity index (χ2n) is 7.57. The van der Waals surface area contributed by atoms with Crippen LogP contribution in [0.2, 0.25) is 0 Å². The fourth-order valence-corrected chi connectivity index (χ4v) is 3.07. The minimum atomic E-state index is -0.584. The van der Waals surface area contributed by atoms with E-state index < -0.39 is 12.2 Å². The lowest BCUT2D eigenvalue weighted by molar-refractivity contribution is -0.143. The maximum atomic E-state index is 11.4. The Hall–Kier alpha value is -0.610. The standard InChI is InChI=1S/C22H44O4/c1-3-5-7-8-10-13-16-20(23)21(24)17-14-11-9-12-15-18-22(25)26-19-6-4-2/h20-21,23-24H,3-19H2,1-2H3/t20-,21-/m1/s1. The fraction of sp³-hybridized carbons (Fsp3) is 0.955. The molecule has 0 aromatic rings. The van der Waals surface area contributed by atoms with Gasteiger partial charge in [-0.05, 0) is 25.7 Å². The Bertz CT molecular complexity index is 307. The zero-order valence-corrected chi connectivity index (χ0v) is 17.4. The molecule has 156 valence electrons. The van der Waals surface area contributed by atoms with Crippen LogP contribution in [0.25, 0.3) is 0 Å². The van der Waals surface area contributed by atoms with Gasteiger partial charge in [-0.1, -0.05) is 84.5 Å². The third-order valence-corrected chi connectivity index (χ3v) is 4.94. The Balaban J connectivity index is 3.41. The van der Waals surface area contributed by atoms with Crippen LogP contribution in [0.1, 0.15) is 117 Å². The average Bonchev–Trinajstić information content (AvgIpc) is 2.63. The van der Waals surface area contributed by atoms with Crippen molar-refractivity contribution in [2.75, 3.05) is 6.61 Å². The molecule has 26 heavy (non-hydrogen) atoms. The molecular formula is C22H44O4. The number of carbonyl (C=O) groups excluding carboxylic acids is 1. The lowest BCUT2D eigenvalue weighted by Crippen LogP contribution is -2.25. The van der Waals surface area contributed by atoms with Gasteiger partial charge in [0, 0.05) is 6.42 Å². The minimum absolute atomic E-state index is 0.0771. The SMILES string of the molecule is CCCCCCCC[C@@H](O)[C@H](O)CCCCCCCC(=O)OCCCC. The number of unbranched alkanes of at least 4 members (excludes halogenated alkanes) is 10. The predicted octanol–water partition coefficient (Wildman–Crippen LogP) is 5.53. The van der Waals surface area contributed by atoms with Gasteiger partial charge in [0.2, 0.25) is 0 Å². The van der Waals surface area contributed by atoms with Crippen LogP contribution in [0.15, 0.2) is 0 Å². The summed E-state index contributed by atoms with van der Waals surface area (Å²) in [5, 5.41) is 20.0. The first kappa shape index (κ1) is 25.4. The van der Waals surface area contributed by atoms with E-state index in [4.69, 9.17) is 4.74 Å². The van der Waals surface area contributed by atoms with Gasteiger partial charge in [0.25, 0.3) is 0 Å². The molecule has 2 N–H and O–H groups in total. The number of hydrogen-bond acceptors (Lipinski definition) is 4. The zero-order chi connectivity index (χ0) is 19.5. The smallest absolute Gasteiger partial charge is 0.305 e. The first-order valence-corrected chi connectivity index (χ1v) is 11.1. The number of esters is 1. The van der Waals surface area contributed by atoms with Crippen LogP contribution in [0.3, 0.4) is 0 Å². The third-order valence-electron chi connectivity index (χ3n) is 4.94. The molecule has 4 nitrogen and oxygen atoms in total. The molecule has 0 saturated carbocycles. The average molecular weight is 373 g/mol. The Morgan fingerprint density at radius 1 is 0.692 bits per heavy atom. The molecular weight excluding hydrogens is 328 g/mol. The summed E-state index contributed by atoms with van der Waals surface area (Å²) < 4.78 is 5.13. The molecule has 0 aliphatic carbocycles. The molecule has 0 fully saturated rings. The molecule has 0 aliphatic heterocycles. The maximum absolute atomic E-state index is 11.4. The van der Waals surface area contributed by atoms with Crippen LogP contribution in [-0.2, 0) is 9.53 Å². The molecule has 0 amide bonds. The Morgan fingerprint density at radius 3 is 1.69 bits per heavy atom. The van der Waals surface area contributed by atoms with E-state index in [1.165, 1.54) is 25.7 Å². The summed E-state index contributed by atoms with van der Waals surface area (Å²) in [6.45, 7) is 4.84. The van der Waals surface area contributed by atoms with Crippen LogP contribution in [0.5, 0.6) is 0 Å². The Kier molecular flexibility index (Phi) is 18.7. The van der Waals surface area contributed by atoms with Crippen LogP contribution in [-0.4, -0.2) is 35.0 Å². The van der Waals surface area contributed by atoms with Gasteiger partial charge in [0.15, 0.2) is 0 Å². The van der Waals surface area contributed by atoms with Gasteiger partial charge in [-0.25, -0.2) is 0 Å². The monoisotopic (exact) mass is 372 g/mol. The Labute approximate surface area is 161 Å². The molecule has 0 aromatic heterocycles. The number of aliphatic hydroxyl groups is 2. The van der Waals surface area contributed by atoms with Crippen LogP contribution in [0, 0.1) is 0 Å². The van der Waals surface area contributed by atoms with Gasteiger partial charge in [-0.3, -0.25) is 4.79 Å². The molecule has 0 spiro atoms. The van der Waals surface area contributed by atoms with E-state index >= 15 is 0 Å². The highest BCUT2D eigenvalue weighted by molar-refractivity contribution is 5.69. The summed E-state index contributed by atoms with van der Waals surface area (Å²) in [6.07, 6.45) is 15.0. The van der Waals surface area contributed by atoms with Gasteiger partial charge in [0.1, 0.15) is 0 Å². The number of carbonyl (C=O) groups is 1. The lowest BCUT2D eigenvalue weighted by atomic mass is 9.99. The minimum Gasteiger partial charge on any atom is -0.466 e. The van der Waals surface area contributed by atoms with Crippen molar-refractivity contribution in [3.63, 3.8) is 0 Å². The topological polar surface area (TPSA) is 66.8 Å². The Morgan fingerprint density at radius 2 is 1.15 bits per heavy atom. The van der Waals surface area contributed by atoms with E-state index in [0.717, 1.165) is 57.8 Å². The molecule has 0 radical (unpaired) electrons. The number of aliphatic hydroxyl groups excluding tert-OH is 2. The quantitative estimate of drug-likeness (QED) is 0.231. The van der Waals surface area contributed by atoms with Crippen LogP contribution >= 0.6 is 0 Å². The van der Waals surface area contributed by atoms with Crippen molar-refractivity contribution in [1.82, 2.24) is 0 Å². The predicted molar refractivity (Wildman–Crippen MR) is 108 cm³/mol. The van der Waals surface area contributed by atoms with Gasteiger partial charge in [-0.2, -0.15) is 0 Å². The molecule has 2 atom stereocenters. The largest absolute Gasteiger partial charge is 0.466 e. The van der Waals surface area contributed by atoms with E-state index in [-0.39, 0.29) is 5.97 Å². The van der Waals surface area contributed by atoms with Crippen molar-refractivity contribution >= 4 is 5.97 Å². The normalized spacial score (nSPS) is 13.5. The highest BCUT2D eigenvalue weighted by Crippen LogP contribution is 2.15. The van der Waals surface area contributed by atoms with Gasteiger partial charge < -0.3 is 14.9 Å². The van der Waals surface area contributed by atoms with Crippen molar-refractivity contribution in [2.45, 2.75) is 129 Å². The summed E-state index contributed by atoms with van der Waals surface area (Å²) in [5.41, 5.74) is 0. The molecule has 0 heterocycles. The van der Waals surface area contributed by atoms with Crippen molar-refractivity contribution in [1.29, 1.82) is 0 Å². The molecule has 0 rings (SSSR count). The van der Waals surface area contributed by atoms with Crippen molar-refractivity contribution in [2.24, 2.45) is 0 Å². The summed E-state index contributed by atoms with van der Waals surface area (Å²) in [6, 6.07) is 0. The number of rotatable bonds is 19. The van der Waals surface area contributed by atoms with Gasteiger partial charge in [-0.15, -0.1) is 0 Å². The summed E-state index contributed by atoms with van der Waals surface area (Å²) in [7, 11) is 0. The van der Waals surface area contributed by atoms with E-state index in [9.17, 15) is 15.0 Å². The van der Waals surface area contributed by atoms with Crippen molar-refractivity contribution in [3.8, 4) is 0 Å². The molecule has 0 unspecified atom stereocenters. The van der Waals surface area contributed by atoms with Crippen molar-refractivity contribution in [3.05, 3.63) is 0 Å². The summed E-state index contributed by atoms with van der Waals surface area (Å²) in [4.78, 5) is 11.4. The summed E-state index contributed by atoms with van der Waals surface area (Å²) in [5.74, 6) is -0.0771. The maximum Gasteiger partial charge on any atom is 0.305 e. The molecule has 4 heteroatoms.